The number of carboxylic acids is 1. The Balaban J connectivity index is 0.000000172. The van der Waals surface area contributed by atoms with Gasteiger partial charge in [-0.25, -0.2) is 0 Å². The number of nitro benzene ring substituents is 1. The van der Waals surface area contributed by atoms with Crippen LogP contribution in [-0.4, -0.2) is 73.8 Å². The van der Waals surface area contributed by atoms with Crippen molar-refractivity contribution in [2.75, 3.05) is 51.8 Å². The van der Waals surface area contributed by atoms with Crippen LogP contribution in [0, 0.1) is 22.0 Å². The summed E-state index contributed by atoms with van der Waals surface area (Å²) in [7, 11) is 3.76. The maximum Gasteiger partial charge on any atom is 0.307 e. The van der Waals surface area contributed by atoms with Gasteiger partial charge in [0, 0.05) is 56.6 Å². The number of likely N-dealkylation sites (tertiary alicyclic amines) is 1. The Morgan fingerprint density at radius 1 is 1.14 bits per heavy atom. The first kappa shape index (κ1) is 24.9. The van der Waals surface area contributed by atoms with E-state index in [2.05, 4.69) is 28.2 Å². The molecule has 35 heavy (non-hydrogen) atoms. The molecule has 9 nitrogen and oxygen atoms in total. The molecule has 2 heterocycles. The molecule has 3 atom stereocenters. The summed E-state index contributed by atoms with van der Waals surface area (Å²) in [6.45, 7) is 4.51. The van der Waals surface area contributed by atoms with E-state index >= 15 is 0 Å². The third kappa shape index (κ3) is 5.74. The summed E-state index contributed by atoms with van der Waals surface area (Å²) >= 11 is 0. The number of benzene rings is 2. The number of carboxylic acid groups (broad SMARTS) is 1. The molecule has 188 valence electrons. The van der Waals surface area contributed by atoms with Crippen molar-refractivity contribution < 1.29 is 19.6 Å². The summed E-state index contributed by atoms with van der Waals surface area (Å²) in [4.78, 5) is 25.8. The highest BCUT2D eigenvalue weighted by molar-refractivity contribution is 5.70. The minimum atomic E-state index is -0.666. The number of nitrogens with zero attached hydrogens (tertiary/aromatic N) is 3. The van der Waals surface area contributed by atoms with Gasteiger partial charge in [0.2, 0.25) is 0 Å². The van der Waals surface area contributed by atoms with Crippen LogP contribution < -0.4 is 15.0 Å². The molecule has 0 bridgehead atoms. The smallest absolute Gasteiger partial charge is 0.307 e. The van der Waals surface area contributed by atoms with Gasteiger partial charge in [-0.1, -0.05) is 12.1 Å². The average Bonchev–Trinajstić information content (AvgIpc) is 2.88. The maximum absolute atomic E-state index is 11.3. The number of rotatable bonds is 4. The van der Waals surface area contributed by atoms with Crippen LogP contribution in [0.25, 0.3) is 0 Å². The third-order valence-electron chi connectivity index (χ3n) is 7.44. The Bertz CT molecular complexity index is 1040. The molecule has 0 unspecified atom stereocenters. The second kappa shape index (κ2) is 11.0. The van der Waals surface area contributed by atoms with Gasteiger partial charge in [-0.3, -0.25) is 14.9 Å². The van der Waals surface area contributed by atoms with Crippen LogP contribution in [0.5, 0.6) is 5.75 Å². The highest BCUT2D eigenvalue weighted by Crippen LogP contribution is 2.39. The van der Waals surface area contributed by atoms with Crippen LogP contribution in [0.1, 0.15) is 17.5 Å². The van der Waals surface area contributed by atoms with Gasteiger partial charge in [0.1, 0.15) is 5.75 Å². The minimum Gasteiger partial charge on any atom is -0.496 e. The summed E-state index contributed by atoms with van der Waals surface area (Å²) in [5.41, 5.74) is 3.83. The van der Waals surface area contributed by atoms with Gasteiger partial charge in [0.05, 0.1) is 18.0 Å². The Morgan fingerprint density at radius 2 is 1.86 bits per heavy atom. The van der Waals surface area contributed by atoms with Crippen LogP contribution in [-0.2, 0) is 17.6 Å². The molecule has 2 saturated heterocycles. The van der Waals surface area contributed by atoms with Gasteiger partial charge >= 0.3 is 5.97 Å². The van der Waals surface area contributed by atoms with Gasteiger partial charge in [0.15, 0.2) is 0 Å². The van der Waals surface area contributed by atoms with Crippen molar-refractivity contribution in [2.24, 2.45) is 11.8 Å². The van der Waals surface area contributed by atoms with Gasteiger partial charge < -0.3 is 25.0 Å². The number of piperazine rings is 1. The van der Waals surface area contributed by atoms with E-state index in [0.717, 1.165) is 56.9 Å². The molecule has 2 aromatic rings. The first-order valence-corrected chi connectivity index (χ1v) is 12.1. The van der Waals surface area contributed by atoms with Gasteiger partial charge in [0.25, 0.3) is 5.69 Å². The molecule has 1 aliphatic carbocycles. The molecule has 2 fully saturated rings. The Kier molecular flexibility index (Phi) is 7.87. The van der Waals surface area contributed by atoms with Crippen LogP contribution in [0.15, 0.2) is 42.5 Å². The number of ether oxygens (including phenoxy) is 1. The number of aliphatic carboxylic acids is 1. The van der Waals surface area contributed by atoms with E-state index in [4.69, 9.17) is 4.74 Å². The molecule has 3 aliphatic rings. The molecule has 2 aliphatic heterocycles. The zero-order valence-corrected chi connectivity index (χ0v) is 20.4. The molecule has 2 aromatic carbocycles. The Hall–Kier alpha value is -3.17. The number of fused-ring (bicyclic) bond motifs is 2. The largest absolute Gasteiger partial charge is 0.496 e. The molecule has 0 spiro atoms. The summed E-state index contributed by atoms with van der Waals surface area (Å²) < 4.78 is 5.46. The predicted octanol–water partition coefficient (Wildman–Crippen LogP) is 2.82. The van der Waals surface area contributed by atoms with E-state index in [0.29, 0.717) is 18.5 Å². The van der Waals surface area contributed by atoms with E-state index in [1.165, 1.54) is 11.1 Å². The zero-order chi connectivity index (χ0) is 24.9. The summed E-state index contributed by atoms with van der Waals surface area (Å²) in [5.74, 6) is 0.457. The van der Waals surface area contributed by atoms with E-state index < -0.39 is 5.97 Å². The molecular formula is C26H34N4O5. The van der Waals surface area contributed by atoms with E-state index in [-0.39, 0.29) is 16.5 Å². The highest BCUT2D eigenvalue weighted by Gasteiger charge is 2.40. The Labute approximate surface area is 205 Å². The number of likely N-dealkylation sites (N-methyl/N-ethyl adjacent to an activating group) is 1. The van der Waals surface area contributed by atoms with Crippen LogP contribution in [0.2, 0.25) is 0 Å². The van der Waals surface area contributed by atoms with Gasteiger partial charge in [-0.2, -0.15) is 0 Å². The van der Waals surface area contributed by atoms with Crippen molar-refractivity contribution in [3.05, 3.63) is 63.7 Å². The lowest BCUT2D eigenvalue weighted by Gasteiger charge is -2.45. The molecule has 9 heteroatoms. The molecule has 5 rings (SSSR count). The summed E-state index contributed by atoms with van der Waals surface area (Å²) in [5, 5.41) is 23.0. The second-order valence-electron chi connectivity index (χ2n) is 9.55. The maximum atomic E-state index is 11.3. The zero-order valence-electron chi connectivity index (χ0n) is 20.4. The van der Waals surface area contributed by atoms with Crippen molar-refractivity contribution in [2.45, 2.75) is 25.3 Å². The van der Waals surface area contributed by atoms with Crippen molar-refractivity contribution in [1.82, 2.24) is 10.2 Å². The normalized spacial score (nSPS) is 23.8. The standard InChI is InChI=1S/C16H21NO3.C10H13N3O2/c1-17-9-12(16(18)19)6-11-7-13-10(8-14(11)17)4-3-5-15(13)20-2;14-13(15)10-3-1-9(2-4-10)12-7-5-11-6-8-12/h3-5,11-12,14H,6-9H2,1-2H3,(H,18,19);1-4,11H,5-8H2/t11-,12-,14-;/m0./s1. The number of piperidine rings is 1. The van der Waals surface area contributed by atoms with E-state index in [9.17, 15) is 20.0 Å². The van der Waals surface area contributed by atoms with Crippen molar-refractivity contribution in [3.63, 3.8) is 0 Å². The molecular weight excluding hydrogens is 448 g/mol. The van der Waals surface area contributed by atoms with Crippen LogP contribution in [0.4, 0.5) is 11.4 Å². The number of nitro groups is 1. The Morgan fingerprint density at radius 3 is 2.49 bits per heavy atom. The number of carbonyl (C=O) groups is 1. The van der Waals surface area contributed by atoms with Crippen LogP contribution >= 0.6 is 0 Å². The summed E-state index contributed by atoms with van der Waals surface area (Å²) in [6, 6.07) is 13.4. The van der Waals surface area contributed by atoms with E-state index in [1.807, 2.05) is 24.3 Å². The predicted molar refractivity (Wildman–Crippen MR) is 134 cm³/mol. The first-order chi connectivity index (χ1) is 16.9. The van der Waals surface area contributed by atoms with Crippen LogP contribution in [0.3, 0.4) is 0 Å². The molecule has 2 N–H and O–H groups in total. The molecule has 0 aromatic heterocycles. The number of non-ortho nitro benzene ring substituents is 1. The highest BCUT2D eigenvalue weighted by atomic mass is 16.6. The minimum absolute atomic E-state index is 0.147. The lowest BCUT2D eigenvalue weighted by Crippen LogP contribution is -2.51. The fraction of sp³-hybridized carbons (Fsp3) is 0.500. The van der Waals surface area contributed by atoms with Gasteiger partial charge in [-0.15, -0.1) is 0 Å². The second-order valence-corrected chi connectivity index (χ2v) is 9.55. The number of hydrogen-bond acceptors (Lipinski definition) is 7. The number of nitrogens with one attached hydrogen (secondary N) is 1. The topological polar surface area (TPSA) is 108 Å². The van der Waals surface area contributed by atoms with Crippen molar-refractivity contribution >= 4 is 17.3 Å². The molecule has 0 saturated carbocycles. The lowest BCUT2D eigenvalue weighted by molar-refractivity contribution is -0.384. The monoisotopic (exact) mass is 482 g/mol. The number of hydrogen-bond donors (Lipinski definition) is 2. The quantitative estimate of drug-likeness (QED) is 0.506. The van der Waals surface area contributed by atoms with Crippen molar-refractivity contribution in [3.8, 4) is 5.75 Å². The fourth-order valence-electron chi connectivity index (χ4n) is 5.58. The fourth-order valence-corrected chi connectivity index (χ4v) is 5.58. The third-order valence-corrected chi connectivity index (χ3v) is 7.44. The SMILES string of the molecule is COc1cccc2c1C[C@@H]1C[C@H](C(=O)O)CN(C)[C@H]1C2.O=[N+]([O-])c1ccc(N2CCNCC2)cc1. The number of methoxy groups -OCH3 is 1. The molecule has 0 radical (unpaired) electrons. The van der Waals surface area contributed by atoms with E-state index in [1.54, 1.807) is 19.2 Å². The van der Waals surface area contributed by atoms with Crippen molar-refractivity contribution in [1.29, 1.82) is 0 Å². The number of anilines is 1. The summed E-state index contributed by atoms with van der Waals surface area (Å²) in [6.07, 6.45) is 2.71. The lowest BCUT2D eigenvalue weighted by atomic mass is 9.72. The first-order valence-electron chi connectivity index (χ1n) is 12.1. The average molecular weight is 483 g/mol. The molecule has 0 amide bonds. The van der Waals surface area contributed by atoms with Gasteiger partial charge in [-0.05, 0) is 61.6 Å².